The van der Waals surface area contributed by atoms with E-state index in [1.165, 1.54) is 17.7 Å². The third-order valence-electron chi connectivity index (χ3n) is 2.67. The quantitative estimate of drug-likeness (QED) is 0.726. The Kier molecular flexibility index (Phi) is 2.54. The lowest BCUT2D eigenvalue weighted by Crippen LogP contribution is -2.25. The van der Waals surface area contributed by atoms with E-state index in [0.29, 0.717) is 0 Å². The SMILES string of the molecule is CNCC1CCc2ncncc2C1. The highest BCUT2D eigenvalue weighted by molar-refractivity contribution is 5.19. The topological polar surface area (TPSA) is 37.8 Å². The van der Waals surface area contributed by atoms with Crippen molar-refractivity contribution in [3.63, 3.8) is 0 Å². The van der Waals surface area contributed by atoms with Gasteiger partial charge in [0.1, 0.15) is 6.33 Å². The van der Waals surface area contributed by atoms with Crippen molar-refractivity contribution in [1.29, 1.82) is 0 Å². The summed E-state index contributed by atoms with van der Waals surface area (Å²) in [4.78, 5) is 8.34. The fourth-order valence-corrected chi connectivity index (χ4v) is 2.00. The molecule has 2 rings (SSSR count). The summed E-state index contributed by atoms with van der Waals surface area (Å²) in [7, 11) is 2.01. The molecule has 0 saturated carbocycles. The first-order chi connectivity index (χ1) is 6.40. The first-order valence-electron chi connectivity index (χ1n) is 4.82. The second-order valence-corrected chi connectivity index (χ2v) is 3.66. The number of hydrogen-bond acceptors (Lipinski definition) is 3. The van der Waals surface area contributed by atoms with E-state index in [2.05, 4.69) is 15.3 Å². The lowest BCUT2D eigenvalue weighted by atomic mass is 9.87. The highest BCUT2D eigenvalue weighted by Crippen LogP contribution is 2.22. The highest BCUT2D eigenvalue weighted by Gasteiger charge is 2.18. The van der Waals surface area contributed by atoms with Crippen molar-refractivity contribution in [3.8, 4) is 0 Å². The number of hydrogen-bond donors (Lipinski definition) is 1. The molecule has 3 nitrogen and oxygen atoms in total. The number of nitrogens with one attached hydrogen (secondary N) is 1. The lowest BCUT2D eigenvalue weighted by molar-refractivity contribution is 0.434. The molecular formula is C10H15N3. The van der Waals surface area contributed by atoms with Crippen molar-refractivity contribution in [2.24, 2.45) is 5.92 Å². The third-order valence-corrected chi connectivity index (χ3v) is 2.67. The van der Waals surface area contributed by atoms with Gasteiger partial charge in [-0.05, 0) is 44.3 Å². The minimum absolute atomic E-state index is 0.767. The van der Waals surface area contributed by atoms with Gasteiger partial charge in [0.05, 0.1) is 0 Å². The molecule has 1 N–H and O–H groups in total. The van der Waals surface area contributed by atoms with E-state index in [4.69, 9.17) is 0 Å². The average molecular weight is 177 g/mol. The van der Waals surface area contributed by atoms with E-state index in [1.54, 1.807) is 6.33 Å². The second-order valence-electron chi connectivity index (χ2n) is 3.66. The molecule has 0 saturated heterocycles. The number of aryl methyl sites for hydroxylation is 1. The van der Waals surface area contributed by atoms with Crippen LogP contribution in [-0.2, 0) is 12.8 Å². The fourth-order valence-electron chi connectivity index (χ4n) is 2.00. The summed E-state index contributed by atoms with van der Waals surface area (Å²) in [5.41, 5.74) is 2.59. The molecule has 0 aromatic carbocycles. The first kappa shape index (κ1) is 8.63. The summed E-state index contributed by atoms with van der Waals surface area (Å²) in [6.07, 6.45) is 7.12. The summed E-state index contributed by atoms with van der Waals surface area (Å²) < 4.78 is 0. The van der Waals surface area contributed by atoms with Crippen molar-refractivity contribution in [1.82, 2.24) is 15.3 Å². The summed E-state index contributed by atoms with van der Waals surface area (Å²) in [6.45, 7) is 1.11. The largest absolute Gasteiger partial charge is 0.319 e. The van der Waals surface area contributed by atoms with Crippen LogP contribution in [0.25, 0.3) is 0 Å². The van der Waals surface area contributed by atoms with Crippen molar-refractivity contribution in [2.45, 2.75) is 19.3 Å². The van der Waals surface area contributed by atoms with Gasteiger partial charge in [-0.15, -0.1) is 0 Å². The van der Waals surface area contributed by atoms with Gasteiger partial charge in [-0.2, -0.15) is 0 Å². The van der Waals surface area contributed by atoms with Crippen LogP contribution in [0.15, 0.2) is 12.5 Å². The average Bonchev–Trinajstić information content (AvgIpc) is 2.18. The summed E-state index contributed by atoms with van der Waals surface area (Å²) in [5, 5.41) is 3.23. The van der Waals surface area contributed by atoms with E-state index in [9.17, 15) is 0 Å². The van der Waals surface area contributed by atoms with Gasteiger partial charge in [0, 0.05) is 11.9 Å². The Hall–Kier alpha value is -0.960. The van der Waals surface area contributed by atoms with Gasteiger partial charge in [0.2, 0.25) is 0 Å². The number of rotatable bonds is 2. The second kappa shape index (κ2) is 3.83. The number of aromatic nitrogens is 2. The zero-order chi connectivity index (χ0) is 9.10. The molecule has 1 aromatic heterocycles. The van der Waals surface area contributed by atoms with Crippen LogP contribution in [0.1, 0.15) is 17.7 Å². The molecule has 1 atom stereocenters. The zero-order valence-corrected chi connectivity index (χ0v) is 7.95. The van der Waals surface area contributed by atoms with E-state index in [-0.39, 0.29) is 0 Å². The normalized spacial score (nSPS) is 21.2. The molecule has 70 valence electrons. The predicted molar refractivity (Wildman–Crippen MR) is 51.5 cm³/mol. The minimum atomic E-state index is 0.767. The Morgan fingerprint density at radius 2 is 2.54 bits per heavy atom. The summed E-state index contributed by atoms with van der Waals surface area (Å²) in [5.74, 6) is 0.767. The van der Waals surface area contributed by atoms with Crippen LogP contribution in [0.3, 0.4) is 0 Å². The smallest absolute Gasteiger partial charge is 0.115 e. The van der Waals surface area contributed by atoms with Crippen LogP contribution in [0.5, 0.6) is 0 Å². The molecule has 0 spiro atoms. The van der Waals surface area contributed by atoms with E-state index in [1.807, 2.05) is 13.2 Å². The molecular weight excluding hydrogens is 162 g/mol. The maximum absolute atomic E-state index is 4.28. The number of fused-ring (bicyclic) bond motifs is 1. The molecule has 3 heteroatoms. The van der Waals surface area contributed by atoms with Crippen LogP contribution in [0.4, 0.5) is 0 Å². The molecule has 1 aliphatic rings. The molecule has 1 heterocycles. The molecule has 1 aliphatic carbocycles. The molecule has 1 aromatic rings. The van der Waals surface area contributed by atoms with Gasteiger partial charge in [-0.25, -0.2) is 9.97 Å². The number of nitrogens with zero attached hydrogens (tertiary/aromatic N) is 2. The van der Waals surface area contributed by atoms with Crippen molar-refractivity contribution < 1.29 is 0 Å². The minimum Gasteiger partial charge on any atom is -0.319 e. The van der Waals surface area contributed by atoms with Gasteiger partial charge in [0.15, 0.2) is 0 Å². The Morgan fingerprint density at radius 3 is 3.38 bits per heavy atom. The standard InChI is InChI=1S/C10H15N3/c1-11-5-8-2-3-10-9(4-8)6-12-7-13-10/h6-8,11H,2-5H2,1H3. The maximum Gasteiger partial charge on any atom is 0.115 e. The van der Waals surface area contributed by atoms with E-state index in [0.717, 1.165) is 25.3 Å². The molecule has 0 fully saturated rings. The van der Waals surface area contributed by atoms with Crippen LogP contribution in [0.2, 0.25) is 0 Å². The van der Waals surface area contributed by atoms with Crippen LogP contribution >= 0.6 is 0 Å². The van der Waals surface area contributed by atoms with Crippen LogP contribution in [0, 0.1) is 5.92 Å². The van der Waals surface area contributed by atoms with Crippen molar-refractivity contribution in [3.05, 3.63) is 23.8 Å². The van der Waals surface area contributed by atoms with Crippen LogP contribution in [-0.4, -0.2) is 23.6 Å². The molecule has 0 amide bonds. The molecule has 0 radical (unpaired) electrons. The molecule has 0 bridgehead atoms. The van der Waals surface area contributed by atoms with Gasteiger partial charge >= 0.3 is 0 Å². The zero-order valence-electron chi connectivity index (χ0n) is 7.95. The molecule has 1 unspecified atom stereocenters. The van der Waals surface area contributed by atoms with E-state index < -0.39 is 0 Å². The van der Waals surface area contributed by atoms with Gasteiger partial charge < -0.3 is 5.32 Å². The Morgan fingerprint density at radius 1 is 1.62 bits per heavy atom. The van der Waals surface area contributed by atoms with Crippen molar-refractivity contribution >= 4 is 0 Å². The monoisotopic (exact) mass is 177 g/mol. The van der Waals surface area contributed by atoms with Crippen LogP contribution < -0.4 is 5.32 Å². The van der Waals surface area contributed by atoms with Gasteiger partial charge in [0.25, 0.3) is 0 Å². The predicted octanol–water partition coefficient (Wildman–Crippen LogP) is 0.801. The van der Waals surface area contributed by atoms with Gasteiger partial charge in [-0.1, -0.05) is 0 Å². The molecule has 0 aliphatic heterocycles. The highest BCUT2D eigenvalue weighted by atomic mass is 14.8. The molecule has 13 heavy (non-hydrogen) atoms. The maximum atomic E-state index is 4.28. The van der Waals surface area contributed by atoms with Crippen molar-refractivity contribution in [2.75, 3.05) is 13.6 Å². The van der Waals surface area contributed by atoms with Gasteiger partial charge in [-0.3, -0.25) is 0 Å². The first-order valence-corrected chi connectivity index (χ1v) is 4.82. The third kappa shape index (κ3) is 1.86. The lowest BCUT2D eigenvalue weighted by Gasteiger charge is -2.22. The summed E-state index contributed by atoms with van der Waals surface area (Å²) in [6, 6.07) is 0. The Bertz CT molecular complexity index is 285. The Balaban J connectivity index is 2.11. The fraction of sp³-hybridized carbons (Fsp3) is 0.600. The summed E-state index contributed by atoms with van der Waals surface area (Å²) >= 11 is 0. The Labute approximate surface area is 78.6 Å². The van der Waals surface area contributed by atoms with E-state index >= 15 is 0 Å².